The Morgan fingerprint density at radius 1 is 0.774 bits per heavy atom. The van der Waals surface area contributed by atoms with Crippen molar-refractivity contribution in [2.24, 2.45) is 0 Å². The number of amides is 1. The van der Waals surface area contributed by atoms with Gasteiger partial charge in [0.05, 0.1) is 12.5 Å². The third-order valence-electron chi connectivity index (χ3n) is 4.76. The fourth-order valence-corrected chi connectivity index (χ4v) is 3.12. The number of para-hydroxylation sites is 1. The van der Waals surface area contributed by atoms with Gasteiger partial charge >= 0.3 is 0 Å². The number of hydrogen-bond acceptors (Lipinski definition) is 4. The van der Waals surface area contributed by atoms with Crippen molar-refractivity contribution in [1.29, 1.82) is 5.26 Å². The number of ether oxygens (including phenoxy) is 2. The average molecular weight is 415 g/mol. The topological polar surface area (TPSA) is 62.6 Å². The molecule has 0 aromatic heterocycles. The second-order valence-electron chi connectivity index (χ2n) is 6.97. The van der Waals surface area contributed by atoms with Gasteiger partial charge in [-0.3, -0.25) is 4.79 Å². The van der Waals surface area contributed by atoms with E-state index in [2.05, 4.69) is 6.07 Å². The van der Waals surface area contributed by atoms with Crippen LogP contribution < -0.4 is 9.47 Å². The molecule has 0 aliphatic rings. The molecule has 0 heterocycles. The van der Waals surface area contributed by atoms with Gasteiger partial charge in [-0.15, -0.1) is 0 Å². The number of carbonyl (C=O) groups excluding carboxylic acids is 1. The molecule has 3 rings (SSSR count). The van der Waals surface area contributed by atoms with Crippen LogP contribution in [-0.2, 0) is 6.42 Å². The first-order chi connectivity index (χ1) is 15.3. The average Bonchev–Trinajstić information content (AvgIpc) is 2.83. The van der Waals surface area contributed by atoms with Crippen LogP contribution in [0.2, 0.25) is 0 Å². The van der Waals surface area contributed by atoms with Gasteiger partial charge in [0, 0.05) is 18.7 Å². The number of rotatable bonds is 11. The Morgan fingerprint density at radius 3 is 1.97 bits per heavy atom. The van der Waals surface area contributed by atoms with E-state index in [-0.39, 0.29) is 5.91 Å². The van der Waals surface area contributed by atoms with Crippen LogP contribution in [0.1, 0.15) is 22.3 Å². The molecule has 0 aliphatic heterocycles. The molecule has 0 saturated heterocycles. The van der Waals surface area contributed by atoms with E-state index < -0.39 is 0 Å². The molecule has 5 heteroatoms. The van der Waals surface area contributed by atoms with Crippen LogP contribution in [-0.4, -0.2) is 37.1 Å². The van der Waals surface area contributed by atoms with Crippen LogP contribution in [0.25, 0.3) is 0 Å². The summed E-state index contributed by atoms with van der Waals surface area (Å²) in [5, 5.41) is 8.95. The second kappa shape index (κ2) is 12.0. The summed E-state index contributed by atoms with van der Waals surface area (Å²) in [5.41, 5.74) is 1.75. The molecule has 0 unspecified atom stereocenters. The van der Waals surface area contributed by atoms with Crippen molar-refractivity contribution in [2.75, 3.05) is 26.3 Å². The monoisotopic (exact) mass is 414 g/mol. The van der Waals surface area contributed by atoms with E-state index in [9.17, 15) is 4.79 Å². The Kier molecular flexibility index (Phi) is 8.51. The normalized spacial score (nSPS) is 10.2. The van der Waals surface area contributed by atoms with Crippen molar-refractivity contribution in [2.45, 2.75) is 12.8 Å². The van der Waals surface area contributed by atoms with Gasteiger partial charge in [0.25, 0.3) is 5.91 Å². The summed E-state index contributed by atoms with van der Waals surface area (Å²) in [6, 6.07) is 28.8. The lowest BCUT2D eigenvalue weighted by Gasteiger charge is -2.22. The number of nitrogens with zero attached hydrogens (tertiary/aromatic N) is 2. The number of carbonyl (C=O) groups is 1. The minimum absolute atomic E-state index is 0.0786. The maximum atomic E-state index is 13.0. The Balaban J connectivity index is 1.51. The van der Waals surface area contributed by atoms with Crippen molar-refractivity contribution < 1.29 is 14.3 Å². The Morgan fingerprint density at radius 2 is 1.35 bits per heavy atom. The van der Waals surface area contributed by atoms with E-state index in [1.165, 1.54) is 5.56 Å². The van der Waals surface area contributed by atoms with Gasteiger partial charge in [-0.25, -0.2) is 0 Å². The molecule has 0 fully saturated rings. The number of nitriles is 1. The van der Waals surface area contributed by atoms with Crippen molar-refractivity contribution in [3.8, 4) is 17.6 Å². The maximum Gasteiger partial charge on any atom is 0.253 e. The molecule has 3 aromatic carbocycles. The van der Waals surface area contributed by atoms with Crippen molar-refractivity contribution in [3.63, 3.8) is 0 Å². The Hall–Kier alpha value is -3.78. The molecule has 0 radical (unpaired) electrons. The standard InChI is InChI=1S/C26H26N2O3/c27-17-7-18-28(19-16-22-8-3-1-4-9-22)26(29)23-12-14-25(15-13-23)31-21-20-30-24-10-5-2-6-11-24/h1-6,8-15H,7,16,18-21H2. The highest BCUT2D eigenvalue weighted by atomic mass is 16.5. The molecule has 0 atom stereocenters. The van der Waals surface area contributed by atoms with E-state index in [4.69, 9.17) is 14.7 Å². The molecule has 31 heavy (non-hydrogen) atoms. The van der Waals surface area contributed by atoms with E-state index in [1.54, 1.807) is 29.2 Å². The summed E-state index contributed by atoms with van der Waals surface area (Å²) >= 11 is 0. The summed E-state index contributed by atoms with van der Waals surface area (Å²) in [6.45, 7) is 1.83. The molecular formula is C26H26N2O3. The van der Waals surface area contributed by atoms with Crippen LogP contribution in [0.5, 0.6) is 11.5 Å². The molecular weight excluding hydrogens is 388 g/mol. The van der Waals surface area contributed by atoms with Crippen LogP contribution in [0.4, 0.5) is 0 Å². The van der Waals surface area contributed by atoms with Gasteiger partial charge in [0.2, 0.25) is 0 Å². The predicted molar refractivity (Wildman–Crippen MR) is 120 cm³/mol. The quantitative estimate of drug-likeness (QED) is 0.425. The summed E-state index contributed by atoms with van der Waals surface area (Å²) in [4.78, 5) is 14.7. The van der Waals surface area contributed by atoms with E-state index in [1.807, 2.05) is 60.7 Å². The minimum Gasteiger partial charge on any atom is -0.490 e. The lowest BCUT2D eigenvalue weighted by molar-refractivity contribution is 0.0761. The van der Waals surface area contributed by atoms with Gasteiger partial charge in [-0.2, -0.15) is 5.26 Å². The predicted octanol–water partition coefficient (Wildman–Crippen LogP) is 4.74. The molecule has 3 aromatic rings. The zero-order valence-corrected chi connectivity index (χ0v) is 17.4. The van der Waals surface area contributed by atoms with E-state index in [0.717, 1.165) is 12.2 Å². The molecule has 0 N–H and O–H groups in total. The largest absolute Gasteiger partial charge is 0.490 e. The molecule has 0 bridgehead atoms. The summed E-state index contributed by atoms with van der Waals surface area (Å²) in [7, 11) is 0. The van der Waals surface area contributed by atoms with E-state index in [0.29, 0.717) is 44.0 Å². The number of hydrogen-bond donors (Lipinski definition) is 0. The first kappa shape index (κ1) is 21.9. The van der Waals surface area contributed by atoms with Gasteiger partial charge in [0.15, 0.2) is 0 Å². The van der Waals surface area contributed by atoms with Crippen LogP contribution >= 0.6 is 0 Å². The molecule has 158 valence electrons. The van der Waals surface area contributed by atoms with E-state index >= 15 is 0 Å². The first-order valence-corrected chi connectivity index (χ1v) is 10.4. The van der Waals surface area contributed by atoms with Gasteiger partial charge in [0.1, 0.15) is 24.7 Å². The molecule has 0 saturated carbocycles. The molecule has 1 amide bonds. The first-order valence-electron chi connectivity index (χ1n) is 10.4. The van der Waals surface area contributed by atoms with Crippen molar-refractivity contribution >= 4 is 5.91 Å². The highest BCUT2D eigenvalue weighted by Gasteiger charge is 2.15. The molecule has 5 nitrogen and oxygen atoms in total. The van der Waals surface area contributed by atoms with Crippen molar-refractivity contribution in [1.82, 2.24) is 4.90 Å². The second-order valence-corrected chi connectivity index (χ2v) is 6.97. The minimum atomic E-state index is -0.0786. The van der Waals surface area contributed by atoms with Crippen LogP contribution in [0.3, 0.4) is 0 Å². The lowest BCUT2D eigenvalue weighted by Crippen LogP contribution is -2.33. The third-order valence-corrected chi connectivity index (χ3v) is 4.76. The van der Waals surface area contributed by atoms with Gasteiger partial charge in [-0.1, -0.05) is 48.5 Å². The smallest absolute Gasteiger partial charge is 0.253 e. The fraction of sp³-hybridized carbons (Fsp3) is 0.231. The van der Waals surface area contributed by atoms with Gasteiger partial charge in [-0.05, 0) is 48.4 Å². The van der Waals surface area contributed by atoms with Crippen LogP contribution in [0.15, 0.2) is 84.9 Å². The Bertz CT molecular complexity index is 967. The SMILES string of the molecule is N#CCCN(CCc1ccccc1)C(=O)c1ccc(OCCOc2ccccc2)cc1. The molecule has 0 spiro atoms. The third kappa shape index (κ3) is 7.20. The zero-order chi connectivity index (χ0) is 21.7. The summed E-state index contributed by atoms with van der Waals surface area (Å²) in [6.07, 6.45) is 1.06. The van der Waals surface area contributed by atoms with Crippen molar-refractivity contribution in [3.05, 3.63) is 96.1 Å². The van der Waals surface area contributed by atoms with Crippen LogP contribution in [0, 0.1) is 11.3 Å². The lowest BCUT2D eigenvalue weighted by atomic mass is 10.1. The zero-order valence-electron chi connectivity index (χ0n) is 17.4. The summed E-state index contributed by atoms with van der Waals surface area (Å²) < 4.78 is 11.3. The highest BCUT2D eigenvalue weighted by molar-refractivity contribution is 5.94. The highest BCUT2D eigenvalue weighted by Crippen LogP contribution is 2.15. The Labute approximate surface area is 183 Å². The molecule has 0 aliphatic carbocycles. The fourth-order valence-electron chi connectivity index (χ4n) is 3.12. The maximum absolute atomic E-state index is 13.0. The van der Waals surface area contributed by atoms with Gasteiger partial charge < -0.3 is 14.4 Å². The number of benzene rings is 3. The summed E-state index contributed by atoms with van der Waals surface area (Å²) in [5.74, 6) is 1.41.